The second kappa shape index (κ2) is 13.1. The number of furan rings is 1. The van der Waals surface area contributed by atoms with E-state index in [0.29, 0.717) is 5.82 Å². The predicted octanol–water partition coefficient (Wildman–Crippen LogP) is 13.8. The van der Waals surface area contributed by atoms with Crippen molar-refractivity contribution in [1.82, 2.24) is 14.5 Å². The van der Waals surface area contributed by atoms with Crippen LogP contribution in [0.2, 0.25) is 0 Å². The van der Waals surface area contributed by atoms with E-state index in [-0.39, 0.29) is 0 Å². The number of hydrogen-bond donors (Lipinski definition) is 0. The van der Waals surface area contributed by atoms with Crippen LogP contribution in [0.1, 0.15) is 0 Å². The lowest BCUT2D eigenvalue weighted by molar-refractivity contribution is 0.669. The first-order valence-electron chi connectivity index (χ1n) is 18.9. The zero-order valence-corrected chi connectivity index (χ0v) is 30.3. The second-order valence-electron chi connectivity index (χ2n) is 14.2. The van der Waals surface area contributed by atoms with Gasteiger partial charge in [0.1, 0.15) is 11.2 Å². The van der Waals surface area contributed by atoms with Crippen LogP contribution in [0.15, 0.2) is 205 Å². The molecule has 4 heteroatoms. The summed E-state index contributed by atoms with van der Waals surface area (Å²) in [5, 5.41) is 4.47. The molecule has 0 aliphatic rings. The SMILES string of the molecule is c1ccc(-c2ccc(-c3ccc(-c4cc(-c5ccccc5)nc(-c5cccc6c5c5ccccc5n6-c5ccc6oc7ccccc7c6c5)n4)cc3)cc2)cc1. The molecular formula is C52H33N3O. The molecule has 56 heavy (non-hydrogen) atoms. The molecule has 0 spiro atoms. The Morgan fingerprint density at radius 3 is 1.57 bits per heavy atom. The average molecular weight is 716 g/mol. The minimum atomic E-state index is 0.687. The van der Waals surface area contributed by atoms with Crippen molar-refractivity contribution in [2.45, 2.75) is 0 Å². The van der Waals surface area contributed by atoms with Crippen molar-refractivity contribution in [1.29, 1.82) is 0 Å². The monoisotopic (exact) mass is 715 g/mol. The maximum absolute atomic E-state index is 6.19. The summed E-state index contributed by atoms with van der Waals surface area (Å²) in [5.74, 6) is 0.687. The molecule has 0 aliphatic carbocycles. The van der Waals surface area contributed by atoms with Gasteiger partial charge in [-0.05, 0) is 64.7 Å². The summed E-state index contributed by atoms with van der Waals surface area (Å²) in [6, 6.07) is 70.3. The zero-order valence-electron chi connectivity index (χ0n) is 30.3. The Morgan fingerprint density at radius 2 is 0.875 bits per heavy atom. The molecule has 262 valence electrons. The highest BCUT2D eigenvalue weighted by Gasteiger charge is 2.20. The highest BCUT2D eigenvalue weighted by Crippen LogP contribution is 2.40. The molecule has 8 aromatic carbocycles. The number of rotatable bonds is 6. The van der Waals surface area contributed by atoms with Gasteiger partial charge in [0.05, 0.1) is 22.4 Å². The standard InChI is InChI=1S/C52H33N3O/c1-3-12-34(13-4-1)35-22-24-36(25-23-35)37-26-28-39(29-27-37)46-33-45(38-14-5-2-6-15-38)53-52(54-46)43-18-11-20-48-51(43)42-17-7-9-19-47(42)55(48)40-30-31-50-44(32-40)41-16-8-10-21-49(41)56-50/h1-33H. The van der Waals surface area contributed by atoms with Crippen LogP contribution in [0.4, 0.5) is 0 Å². The van der Waals surface area contributed by atoms with Crippen LogP contribution in [-0.4, -0.2) is 14.5 Å². The quantitative estimate of drug-likeness (QED) is 0.172. The lowest BCUT2D eigenvalue weighted by Gasteiger charge is -2.12. The molecular weight excluding hydrogens is 683 g/mol. The van der Waals surface area contributed by atoms with E-state index in [4.69, 9.17) is 14.4 Å². The van der Waals surface area contributed by atoms with Gasteiger partial charge in [0.15, 0.2) is 5.82 Å². The predicted molar refractivity (Wildman–Crippen MR) is 231 cm³/mol. The lowest BCUT2D eigenvalue weighted by Crippen LogP contribution is -1.97. The van der Waals surface area contributed by atoms with Crippen LogP contribution in [-0.2, 0) is 0 Å². The molecule has 11 rings (SSSR count). The van der Waals surface area contributed by atoms with E-state index in [2.05, 4.69) is 180 Å². The smallest absolute Gasteiger partial charge is 0.161 e. The first kappa shape index (κ1) is 31.9. The third kappa shape index (κ3) is 5.39. The van der Waals surface area contributed by atoms with Crippen molar-refractivity contribution in [3.8, 4) is 61.8 Å². The Labute approximate surface area is 323 Å². The van der Waals surface area contributed by atoms with E-state index in [1.54, 1.807) is 0 Å². The molecule has 0 amide bonds. The molecule has 0 saturated carbocycles. The minimum absolute atomic E-state index is 0.687. The van der Waals surface area contributed by atoms with Gasteiger partial charge in [0.2, 0.25) is 0 Å². The molecule has 11 aromatic rings. The second-order valence-corrected chi connectivity index (χ2v) is 14.2. The third-order valence-corrected chi connectivity index (χ3v) is 10.9. The number of fused-ring (bicyclic) bond motifs is 6. The van der Waals surface area contributed by atoms with Gasteiger partial charge in [-0.2, -0.15) is 0 Å². The Bertz CT molecular complexity index is 3220. The summed E-state index contributed by atoms with van der Waals surface area (Å²) < 4.78 is 8.54. The number of para-hydroxylation sites is 2. The van der Waals surface area contributed by atoms with Crippen LogP contribution < -0.4 is 0 Å². The summed E-state index contributed by atoms with van der Waals surface area (Å²) in [6.07, 6.45) is 0. The highest BCUT2D eigenvalue weighted by molar-refractivity contribution is 6.15. The summed E-state index contributed by atoms with van der Waals surface area (Å²) in [4.78, 5) is 10.6. The van der Waals surface area contributed by atoms with Crippen molar-refractivity contribution in [3.05, 3.63) is 200 Å². The van der Waals surface area contributed by atoms with Crippen molar-refractivity contribution >= 4 is 43.7 Å². The summed E-state index contributed by atoms with van der Waals surface area (Å²) in [6.45, 7) is 0. The van der Waals surface area contributed by atoms with E-state index >= 15 is 0 Å². The van der Waals surface area contributed by atoms with Crippen molar-refractivity contribution in [2.24, 2.45) is 0 Å². The molecule has 0 aliphatic heterocycles. The number of benzene rings is 8. The Morgan fingerprint density at radius 1 is 0.357 bits per heavy atom. The fourth-order valence-corrected chi connectivity index (χ4v) is 8.13. The molecule has 3 heterocycles. The van der Waals surface area contributed by atoms with Crippen molar-refractivity contribution in [2.75, 3.05) is 0 Å². The Kier molecular flexibility index (Phi) is 7.46. The van der Waals surface area contributed by atoms with E-state index < -0.39 is 0 Å². The lowest BCUT2D eigenvalue weighted by atomic mass is 9.99. The fraction of sp³-hybridized carbons (Fsp3) is 0. The maximum atomic E-state index is 6.19. The molecule has 0 bridgehead atoms. The van der Waals surface area contributed by atoms with Gasteiger partial charge in [0.25, 0.3) is 0 Å². The molecule has 0 unspecified atom stereocenters. The molecule has 0 N–H and O–H groups in total. The highest BCUT2D eigenvalue weighted by atomic mass is 16.3. The van der Waals surface area contributed by atoms with Gasteiger partial charge in [-0.15, -0.1) is 0 Å². The average Bonchev–Trinajstić information content (AvgIpc) is 3.82. The molecule has 0 radical (unpaired) electrons. The van der Waals surface area contributed by atoms with Crippen LogP contribution in [0.3, 0.4) is 0 Å². The van der Waals surface area contributed by atoms with Crippen LogP contribution in [0, 0.1) is 0 Å². The third-order valence-electron chi connectivity index (χ3n) is 10.9. The van der Waals surface area contributed by atoms with Gasteiger partial charge >= 0.3 is 0 Å². The van der Waals surface area contributed by atoms with E-state index in [0.717, 1.165) is 83.1 Å². The normalized spacial score (nSPS) is 11.6. The molecule has 0 fully saturated rings. The molecule has 0 atom stereocenters. The van der Waals surface area contributed by atoms with Gasteiger partial charge < -0.3 is 8.98 Å². The molecule has 3 aromatic heterocycles. The van der Waals surface area contributed by atoms with Crippen molar-refractivity contribution < 1.29 is 4.42 Å². The van der Waals surface area contributed by atoms with Crippen LogP contribution in [0.5, 0.6) is 0 Å². The zero-order chi connectivity index (χ0) is 37.0. The van der Waals surface area contributed by atoms with Gasteiger partial charge in [0, 0.05) is 43.9 Å². The number of hydrogen-bond acceptors (Lipinski definition) is 3. The van der Waals surface area contributed by atoms with Gasteiger partial charge in [-0.25, -0.2) is 9.97 Å². The van der Waals surface area contributed by atoms with E-state index in [1.165, 1.54) is 16.7 Å². The number of nitrogens with zero attached hydrogens (tertiary/aromatic N) is 3. The summed E-state index contributed by atoms with van der Waals surface area (Å²) in [5.41, 5.74) is 14.6. The topological polar surface area (TPSA) is 43.9 Å². The molecule has 0 saturated heterocycles. The van der Waals surface area contributed by atoms with Crippen LogP contribution in [0.25, 0.3) is 106 Å². The first-order chi connectivity index (χ1) is 27.7. The summed E-state index contributed by atoms with van der Waals surface area (Å²) in [7, 11) is 0. The van der Waals surface area contributed by atoms with Crippen LogP contribution >= 0.6 is 0 Å². The first-order valence-corrected chi connectivity index (χ1v) is 18.9. The Balaban J connectivity index is 1.05. The summed E-state index contributed by atoms with van der Waals surface area (Å²) >= 11 is 0. The molecule has 4 nitrogen and oxygen atoms in total. The van der Waals surface area contributed by atoms with E-state index in [1.807, 2.05) is 24.3 Å². The number of aromatic nitrogens is 3. The minimum Gasteiger partial charge on any atom is -0.456 e. The largest absolute Gasteiger partial charge is 0.456 e. The Hall–Kier alpha value is -7.56. The van der Waals surface area contributed by atoms with E-state index in [9.17, 15) is 0 Å². The van der Waals surface area contributed by atoms with Gasteiger partial charge in [-0.3, -0.25) is 0 Å². The maximum Gasteiger partial charge on any atom is 0.161 e. The van der Waals surface area contributed by atoms with Gasteiger partial charge in [-0.1, -0.05) is 158 Å². The van der Waals surface area contributed by atoms with Crippen molar-refractivity contribution in [3.63, 3.8) is 0 Å². The fourth-order valence-electron chi connectivity index (χ4n) is 8.13.